The number of aliphatic imine (C=N–C) groups is 1. The van der Waals surface area contributed by atoms with Crippen LogP contribution in [-0.2, 0) is 9.53 Å². The van der Waals surface area contributed by atoms with Crippen LogP contribution in [0.3, 0.4) is 0 Å². The van der Waals surface area contributed by atoms with E-state index in [0.29, 0.717) is 19.7 Å². The molecule has 0 aliphatic carbocycles. The van der Waals surface area contributed by atoms with E-state index < -0.39 is 0 Å². The van der Waals surface area contributed by atoms with Gasteiger partial charge in [0, 0.05) is 25.2 Å². The molecule has 7 nitrogen and oxygen atoms in total. The number of likely N-dealkylation sites (N-methyl/N-ethyl adjacent to an activating group) is 1. The predicted octanol–water partition coefficient (Wildman–Crippen LogP) is 3.16. The van der Waals surface area contributed by atoms with Crippen LogP contribution in [0.1, 0.15) is 38.3 Å². The normalized spacial score (nSPS) is 17.9. The first-order valence-electron chi connectivity index (χ1n) is 10.5. The van der Waals surface area contributed by atoms with Crippen molar-refractivity contribution in [3.8, 4) is 5.75 Å². The summed E-state index contributed by atoms with van der Waals surface area (Å²) in [6, 6.07) is 8.16. The molecular formula is C22H37IN4O3. The first-order chi connectivity index (χ1) is 14.0. The lowest BCUT2D eigenvalue weighted by Gasteiger charge is -2.34. The summed E-state index contributed by atoms with van der Waals surface area (Å²) in [6.45, 7) is 7.24. The van der Waals surface area contributed by atoms with Crippen molar-refractivity contribution in [1.29, 1.82) is 0 Å². The van der Waals surface area contributed by atoms with Gasteiger partial charge in [-0.2, -0.15) is 0 Å². The van der Waals surface area contributed by atoms with Gasteiger partial charge in [-0.3, -0.25) is 9.79 Å². The lowest BCUT2D eigenvalue weighted by molar-refractivity contribution is -0.149. The van der Waals surface area contributed by atoms with Gasteiger partial charge in [-0.15, -0.1) is 24.0 Å². The van der Waals surface area contributed by atoms with Crippen molar-refractivity contribution in [1.82, 2.24) is 15.1 Å². The van der Waals surface area contributed by atoms with Gasteiger partial charge >= 0.3 is 5.97 Å². The fraction of sp³-hybridized carbons (Fsp3) is 0.636. The van der Waals surface area contributed by atoms with Crippen LogP contribution in [0.25, 0.3) is 0 Å². The molecule has 1 fully saturated rings. The minimum atomic E-state index is -0.103. The van der Waals surface area contributed by atoms with Gasteiger partial charge in [0.25, 0.3) is 0 Å². The van der Waals surface area contributed by atoms with E-state index in [0.717, 1.165) is 43.2 Å². The number of hydrogen-bond donors (Lipinski definition) is 1. The standard InChI is InChI=1S/C22H36N4O3.HI/c1-6-23-22(26-14-10-11-17(16-26)21(27)29-7-2)24-15-19(25(3)4)18-12-8-9-13-20(18)28-5;/h8-9,12-13,17,19H,6-7,10-11,14-16H2,1-5H3,(H,23,24);1H. The molecule has 2 atom stereocenters. The number of methoxy groups -OCH3 is 1. The molecule has 0 amide bonds. The number of hydrogen-bond acceptors (Lipinski definition) is 5. The second-order valence-corrected chi connectivity index (χ2v) is 7.45. The minimum Gasteiger partial charge on any atom is -0.496 e. The molecule has 2 unspecified atom stereocenters. The van der Waals surface area contributed by atoms with E-state index in [-0.39, 0.29) is 41.9 Å². The highest BCUT2D eigenvalue weighted by Crippen LogP contribution is 2.28. The number of ether oxygens (including phenoxy) is 2. The van der Waals surface area contributed by atoms with Crippen molar-refractivity contribution in [3.63, 3.8) is 0 Å². The fourth-order valence-electron chi connectivity index (χ4n) is 3.70. The molecule has 1 saturated heterocycles. The van der Waals surface area contributed by atoms with E-state index in [1.807, 2.05) is 25.1 Å². The molecule has 30 heavy (non-hydrogen) atoms. The first-order valence-corrected chi connectivity index (χ1v) is 10.5. The molecule has 1 aliphatic rings. The number of nitrogens with one attached hydrogen (secondary N) is 1. The monoisotopic (exact) mass is 532 g/mol. The van der Waals surface area contributed by atoms with Crippen molar-refractivity contribution in [2.45, 2.75) is 32.7 Å². The van der Waals surface area contributed by atoms with Crippen LogP contribution in [0.2, 0.25) is 0 Å². The van der Waals surface area contributed by atoms with Crippen LogP contribution in [-0.4, -0.2) is 75.7 Å². The van der Waals surface area contributed by atoms with Gasteiger partial charge in [0.15, 0.2) is 5.96 Å². The van der Waals surface area contributed by atoms with Crippen LogP contribution in [0.15, 0.2) is 29.3 Å². The first kappa shape index (κ1) is 26.5. The fourth-order valence-corrected chi connectivity index (χ4v) is 3.70. The Kier molecular flexibility index (Phi) is 12.1. The van der Waals surface area contributed by atoms with Crippen molar-refractivity contribution in [3.05, 3.63) is 29.8 Å². The minimum absolute atomic E-state index is 0. The second-order valence-electron chi connectivity index (χ2n) is 7.45. The zero-order chi connectivity index (χ0) is 21.2. The number of carbonyl (C=O) groups excluding carboxylic acids is 1. The zero-order valence-electron chi connectivity index (χ0n) is 18.9. The van der Waals surface area contributed by atoms with E-state index in [1.54, 1.807) is 7.11 Å². The lowest BCUT2D eigenvalue weighted by Crippen LogP contribution is -2.48. The number of nitrogens with zero attached hydrogens (tertiary/aromatic N) is 3. The maximum absolute atomic E-state index is 12.2. The third kappa shape index (κ3) is 7.30. The number of guanidine groups is 1. The molecule has 8 heteroatoms. The van der Waals surface area contributed by atoms with Crippen LogP contribution in [0.5, 0.6) is 5.75 Å². The number of esters is 1. The molecule has 0 saturated carbocycles. The summed E-state index contributed by atoms with van der Waals surface area (Å²) in [5.74, 6) is 1.52. The molecule has 170 valence electrons. The molecular weight excluding hydrogens is 495 g/mol. The summed E-state index contributed by atoms with van der Waals surface area (Å²) in [4.78, 5) is 21.5. The van der Waals surface area contributed by atoms with Crippen LogP contribution >= 0.6 is 24.0 Å². The maximum atomic E-state index is 12.2. The highest BCUT2D eigenvalue weighted by Gasteiger charge is 2.28. The van der Waals surface area contributed by atoms with Gasteiger partial charge in [0.2, 0.25) is 0 Å². The van der Waals surface area contributed by atoms with Gasteiger partial charge in [-0.25, -0.2) is 0 Å². The average molecular weight is 532 g/mol. The number of carbonyl (C=O) groups is 1. The Bertz CT molecular complexity index is 684. The summed E-state index contributed by atoms with van der Waals surface area (Å²) in [5, 5.41) is 3.39. The van der Waals surface area contributed by atoms with Gasteiger partial charge < -0.3 is 24.6 Å². The van der Waals surface area contributed by atoms with Gasteiger partial charge in [0.1, 0.15) is 5.75 Å². The summed E-state index contributed by atoms with van der Waals surface area (Å²) in [7, 11) is 5.80. The Morgan fingerprint density at radius 3 is 2.70 bits per heavy atom. The highest BCUT2D eigenvalue weighted by atomic mass is 127. The van der Waals surface area contributed by atoms with Crippen molar-refractivity contribution in [2.24, 2.45) is 10.9 Å². The Morgan fingerprint density at radius 1 is 1.33 bits per heavy atom. The van der Waals surface area contributed by atoms with Gasteiger partial charge in [-0.05, 0) is 46.9 Å². The Balaban J connectivity index is 0.00000450. The largest absolute Gasteiger partial charge is 0.496 e. The van der Waals surface area contributed by atoms with E-state index in [1.165, 1.54) is 0 Å². The molecule has 1 heterocycles. The maximum Gasteiger partial charge on any atom is 0.310 e. The number of benzene rings is 1. The van der Waals surface area contributed by atoms with Crippen LogP contribution < -0.4 is 10.1 Å². The van der Waals surface area contributed by atoms with E-state index >= 15 is 0 Å². The van der Waals surface area contributed by atoms with Gasteiger partial charge in [-0.1, -0.05) is 18.2 Å². The third-order valence-electron chi connectivity index (χ3n) is 5.21. The van der Waals surface area contributed by atoms with Crippen LogP contribution in [0.4, 0.5) is 0 Å². The SMILES string of the molecule is CCNC(=NCC(c1ccccc1OC)N(C)C)N1CCCC(C(=O)OCC)C1.I. The molecule has 2 rings (SSSR count). The van der Waals surface area contributed by atoms with E-state index in [2.05, 4.69) is 42.2 Å². The number of rotatable bonds is 8. The molecule has 0 spiro atoms. The quantitative estimate of drug-likeness (QED) is 0.240. The lowest BCUT2D eigenvalue weighted by atomic mass is 9.98. The average Bonchev–Trinajstić information content (AvgIpc) is 2.73. The predicted molar refractivity (Wildman–Crippen MR) is 132 cm³/mol. The molecule has 0 bridgehead atoms. The molecule has 1 aliphatic heterocycles. The third-order valence-corrected chi connectivity index (χ3v) is 5.21. The summed E-state index contributed by atoms with van der Waals surface area (Å²) in [5.41, 5.74) is 1.11. The van der Waals surface area contributed by atoms with E-state index in [4.69, 9.17) is 14.5 Å². The highest BCUT2D eigenvalue weighted by molar-refractivity contribution is 14.0. The summed E-state index contributed by atoms with van der Waals surface area (Å²) < 4.78 is 10.8. The molecule has 1 aromatic carbocycles. The molecule has 0 aromatic heterocycles. The Morgan fingerprint density at radius 2 is 2.07 bits per heavy atom. The number of likely N-dealkylation sites (tertiary alicyclic amines) is 1. The molecule has 1 aromatic rings. The number of piperidine rings is 1. The zero-order valence-corrected chi connectivity index (χ0v) is 21.2. The molecule has 0 radical (unpaired) electrons. The smallest absolute Gasteiger partial charge is 0.310 e. The Labute approximate surface area is 198 Å². The van der Waals surface area contributed by atoms with Gasteiger partial charge in [0.05, 0.1) is 32.2 Å². The summed E-state index contributed by atoms with van der Waals surface area (Å²) >= 11 is 0. The number of halogens is 1. The topological polar surface area (TPSA) is 66.4 Å². The van der Waals surface area contributed by atoms with E-state index in [9.17, 15) is 4.79 Å². The van der Waals surface area contributed by atoms with Crippen molar-refractivity contribution >= 4 is 35.9 Å². The summed E-state index contributed by atoms with van der Waals surface area (Å²) in [6.07, 6.45) is 1.83. The Hall–Kier alpha value is -1.55. The van der Waals surface area contributed by atoms with Crippen molar-refractivity contribution < 1.29 is 14.3 Å². The molecule has 1 N–H and O–H groups in total. The van der Waals surface area contributed by atoms with Crippen molar-refractivity contribution in [2.75, 3.05) is 54.0 Å². The second kappa shape index (κ2) is 13.7. The number of para-hydroxylation sites is 1. The van der Waals surface area contributed by atoms with Crippen LogP contribution in [0, 0.1) is 5.92 Å².